The molecule has 1 amide bonds. The number of ether oxygens (including phenoxy) is 1. The molecule has 6 heteroatoms. The molecule has 0 atom stereocenters. The molecule has 0 spiro atoms. The predicted octanol–water partition coefficient (Wildman–Crippen LogP) is 5.61. The number of fused-ring (bicyclic) bond motifs is 2. The number of hydrogen-bond donors (Lipinski definition) is 1. The van der Waals surface area contributed by atoms with E-state index in [1.165, 1.54) is 0 Å². The molecule has 166 valence electrons. The minimum atomic E-state index is -0.305. The number of methoxy groups -OCH3 is 1. The van der Waals surface area contributed by atoms with E-state index in [1.807, 2.05) is 85.8 Å². The van der Waals surface area contributed by atoms with Crippen LogP contribution in [0.4, 0.5) is 0 Å². The second-order valence-electron chi connectivity index (χ2n) is 7.85. The van der Waals surface area contributed by atoms with Gasteiger partial charge in [0.1, 0.15) is 5.75 Å². The van der Waals surface area contributed by atoms with Crippen molar-refractivity contribution in [2.45, 2.75) is 6.92 Å². The quantitative estimate of drug-likeness (QED) is 0.281. The highest BCUT2D eigenvalue weighted by Gasteiger charge is 2.14. The summed E-state index contributed by atoms with van der Waals surface area (Å²) in [5, 5.41) is 7.28. The number of carbonyl (C=O) groups excluding carboxylic acids is 1. The highest BCUT2D eigenvalue weighted by Crippen LogP contribution is 2.24. The maximum Gasteiger partial charge on any atom is 0.272 e. The molecule has 0 fully saturated rings. The highest BCUT2D eigenvalue weighted by atomic mass is 16.5. The Kier molecular flexibility index (Phi) is 5.70. The Morgan fingerprint density at radius 1 is 0.882 bits per heavy atom. The summed E-state index contributed by atoms with van der Waals surface area (Å²) in [6.45, 7) is 1.87. The summed E-state index contributed by atoms with van der Waals surface area (Å²) in [6.07, 6.45) is 1.71. The zero-order valence-corrected chi connectivity index (χ0v) is 18.8. The molecule has 34 heavy (non-hydrogen) atoms. The lowest BCUT2D eigenvalue weighted by molar-refractivity contribution is 0.0956. The van der Waals surface area contributed by atoms with Crippen molar-refractivity contribution in [2.75, 3.05) is 7.11 Å². The molecule has 1 N–H and O–H groups in total. The first-order valence-corrected chi connectivity index (χ1v) is 10.9. The number of para-hydroxylation sites is 1. The standard InChI is InChI=1S/C28H22N4O2/c1-18(19-10-11-21-16-22(34-2)13-12-20(21)15-19)31-32-28(33)24-17-27(26-9-5-6-14-29-26)30-25-8-4-3-7-23(24)25/h3-17H,1-2H3,(H,32,33). The van der Waals surface area contributed by atoms with Crippen LogP contribution in [0, 0.1) is 0 Å². The lowest BCUT2D eigenvalue weighted by atomic mass is 10.0. The SMILES string of the molecule is COc1ccc2cc(C(C)=NNC(=O)c3cc(-c4ccccn4)nc4ccccc34)ccc2c1. The minimum Gasteiger partial charge on any atom is -0.497 e. The molecule has 5 aromatic rings. The summed E-state index contributed by atoms with van der Waals surface area (Å²) < 4.78 is 5.29. The van der Waals surface area contributed by atoms with Crippen LogP contribution in [0.15, 0.2) is 96.2 Å². The summed E-state index contributed by atoms with van der Waals surface area (Å²) in [6, 6.07) is 26.9. The topological polar surface area (TPSA) is 76.5 Å². The van der Waals surface area contributed by atoms with Crippen LogP contribution in [0.3, 0.4) is 0 Å². The summed E-state index contributed by atoms with van der Waals surface area (Å²) in [5.41, 5.74) is 6.90. The zero-order valence-electron chi connectivity index (χ0n) is 18.8. The molecule has 3 aromatic carbocycles. The van der Waals surface area contributed by atoms with Crippen molar-refractivity contribution in [3.63, 3.8) is 0 Å². The fourth-order valence-electron chi connectivity index (χ4n) is 3.84. The first-order chi connectivity index (χ1) is 16.6. The van der Waals surface area contributed by atoms with Gasteiger partial charge in [-0.15, -0.1) is 0 Å². The second-order valence-corrected chi connectivity index (χ2v) is 7.85. The van der Waals surface area contributed by atoms with E-state index < -0.39 is 0 Å². The fourth-order valence-corrected chi connectivity index (χ4v) is 3.84. The van der Waals surface area contributed by atoms with Crippen molar-refractivity contribution in [1.82, 2.24) is 15.4 Å². The van der Waals surface area contributed by atoms with Crippen LogP contribution >= 0.6 is 0 Å². The van der Waals surface area contributed by atoms with Gasteiger partial charge in [-0.25, -0.2) is 10.4 Å². The molecule has 0 aliphatic heterocycles. The Labute approximate surface area is 196 Å². The van der Waals surface area contributed by atoms with Crippen LogP contribution in [0.25, 0.3) is 33.1 Å². The summed E-state index contributed by atoms with van der Waals surface area (Å²) in [7, 11) is 1.65. The van der Waals surface area contributed by atoms with E-state index in [1.54, 1.807) is 19.4 Å². The summed E-state index contributed by atoms with van der Waals surface area (Å²) in [4.78, 5) is 22.2. The third-order valence-corrected chi connectivity index (χ3v) is 5.68. The molecule has 0 saturated carbocycles. The molecule has 2 heterocycles. The number of nitrogens with zero attached hydrogens (tertiary/aromatic N) is 3. The molecule has 0 aliphatic carbocycles. The van der Waals surface area contributed by atoms with Crippen molar-refractivity contribution >= 4 is 33.3 Å². The molecule has 6 nitrogen and oxygen atoms in total. The van der Waals surface area contributed by atoms with Gasteiger partial charge in [0.2, 0.25) is 0 Å². The molecule has 0 aliphatic rings. The van der Waals surface area contributed by atoms with Gasteiger partial charge >= 0.3 is 0 Å². The number of nitrogens with one attached hydrogen (secondary N) is 1. The van der Waals surface area contributed by atoms with E-state index in [0.29, 0.717) is 22.7 Å². The van der Waals surface area contributed by atoms with Gasteiger partial charge in [-0.3, -0.25) is 9.78 Å². The summed E-state index contributed by atoms with van der Waals surface area (Å²) in [5.74, 6) is 0.508. The molecular weight excluding hydrogens is 424 g/mol. The molecular formula is C28H22N4O2. The molecule has 0 unspecified atom stereocenters. The smallest absolute Gasteiger partial charge is 0.272 e. The second kappa shape index (κ2) is 9.11. The Bertz CT molecular complexity index is 1550. The van der Waals surface area contributed by atoms with Gasteiger partial charge in [-0.1, -0.05) is 42.5 Å². The average molecular weight is 447 g/mol. The maximum absolute atomic E-state index is 13.2. The van der Waals surface area contributed by atoms with Crippen LogP contribution in [0.5, 0.6) is 5.75 Å². The number of aromatic nitrogens is 2. The van der Waals surface area contributed by atoms with Crippen LogP contribution in [-0.2, 0) is 0 Å². The van der Waals surface area contributed by atoms with Crippen LogP contribution in [0.2, 0.25) is 0 Å². The fraction of sp³-hybridized carbons (Fsp3) is 0.0714. The first kappa shape index (κ1) is 21.3. The van der Waals surface area contributed by atoms with E-state index in [-0.39, 0.29) is 5.91 Å². The van der Waals surface area contributed by atoms with Gasteiger partial charge in [0.25, 0.3) is 5.91 Å². The van der Waals surface area contributed by atoms with Crippen molar-refractivity contribution in [3.05, 3.63) is 102 Å². The predicted molar refractivity (Wildman–Crippen MR) is 135 cm³/mol. The summed E-state index contributed by atoms with van der Waals surface area (Å²) >= 11 is 0. The largest absolute Gasteiger partial charge is 0.497 e. The minimum absolute atomic E-state index is 0.305. The van der Waals surface area contributed by atoms with Crippen LogP contribution < -0.4 is 10.2 Å². The highest BCUT2D eigenvalue weighted by molar-refractivity contribution is 6.08. The van der Waals surface area contributed by atoms with Crippen molar-refractivity contribution in [3.8, 4) is 17.1 Å². The lowest BCUT2D eigenvalue weighted by Crippen LogP contribution is -2.20. The number of rotatable bonds is 5. The van der Waals surface area contributed by atoms with E-state index in [2.05, 4.69) is 20.5 Å². The molecule has 0 saturated heterocycles. The van der Waals surface area contributed by atoms with Crippen molar-refractivity contribution in [1.29, 1.82) is 0 Å². The lowest BCUT2D eigenvalue weighted by Gasteiger charge is -2.09. The first-order valence-electron chi connectivity index (χ1n) is 10.9. The number of hydrogen-bond acceptors (Lipinski definition) is 5. The van der Waals surface area contributed by atoms with Crippen LogP contribution in [0.1, 0.15) is 22.8 Å². The average Bonchev–Trinajstić information content (AvgIpc) is 2.90. The molecule has 5 rings (SSSR count). The molecule has 0 bridgehead atoms. The zero-order chi connectivity index (χ0) is 23.5. The monoisotopic (exact) mass is 446 g/mol. The number of amides is 1. The Morgan fingerprint density at radius 2 is 1.68 bits per heavy atom. The molecule has 0 radical (unpaired) electrons. The third-order valence-electron chi connectivity index (χ3n) is 5.68. The van der Waals surface area contributed by atoms with Gasteiger partial charge in [-0.2, -0.15) is 5.10 Å². The third kappa shape index (κ3) is 4.21. The van der Waals surface area contributed by atoms with E-state index >= 15 is 0 Å². The maximum atomic E-state index is 13.2. The van der Waals surface area contributed by atoms with E-state index in [0.717, 1.165) is 33.0 Å². The molecule has 2 aromatic heterocycles. The van der Waals surface area contributed by atoms with Crippen LogP contribution in [-0.4, -0.2) is 28.7 Å². The van der Waals surface area contributed by atoms with Gasteiger partial charge in [0.15, 0.2) is 0 Å². The normalized spacial score (nSPS) is 11.5. The number of benzene rings is 3. The Balaban J connectivity index is 1.46. The van der Waals surface area contributed by atoms with Gasteiger partial charge in [-0.05, 0) is 65.7 Å². The van der Waals surface area contributed by atoms with Crippen molar-refractivity contribution in [2.24, 2.45) is 5.10 Å². The number of hydrazone groups is 1. The van der Waals surface area contributed by atoms with Crippen molar-refractivity contribution < 1.29 is 9.53 Å². The number of carbonyl (C=O) groups is 1. The van der Waals surface area contributed by atoms with Gasteiger partial charge < -0.3 is 4.74 Å². The van der Waals surface area contributed by atoms with E-state index in [4.69, 9.17) is 4.74 Å². The van der Waals surface area contributed by atoms with Gasteiger partial charge in [0.05, 0.1) is 35.3 Å². The Hall–Kier alpha value is -4.58. The van der Waals surface area contributed by atoms with Gasteiger partial charge in [0, 0.05) is 11.6 Å². The Morgan fingerprint density at radius 3 is 2.50 bits per heavy atom. The number of pyridine rings is 2. The van der Waals surface area contributed by atoms with E-state index in [9.17, 15) is 4.79 Å².